The van der Waals surface area contributed by atoms with E-state index < -0.39 is 0 Å². The number of ether oxygens (including phenoxy) is 1. The third-order valence-corrected chi connectivity index (χ3v) is 2.41. The van der Waals surface area contributed by atoms with E-state index in [0.717, 1.165) is 6.54 Å². The molecule has 1 rings (SSSR count). The molecule has 0 amide bonds. The number of rotatable bonds is 5. The van der Waals surface area contributed by atoms with E-state index in [1.165, 1.54) is 0 Å². The number of hydrogen-bond acceptors (Lipinski definition) is 3. The molecule has 1 aromatic rings. The second-order valence-corrected chi connectivity index (χ2v) is 4.04. The number of halogens is 2. The minimum absolute atomic E-state index is 0.295. The molecule has 0 aliphatic heterocycles. The van der Waals surface area contributed by atoms with Crippen molar-refractivity contribution in [1.82, 2.24) is 9.88 Å². The predicted octanol–water partition coefficient (Wildman–Crippen LogP) is 2.41. The molecule has 0 saturated carbocycles. The van der Waals surface area contributed by atoms with E-state index >= 15 is 0 Å². The standard InChI is InChI=1S/C10H14Cl2N2O/c1-14(2)5-6-15-10-4-3-8(12)9(7-11)13-10/h3-4H,5-7H2,1-2H3. The Kier molecular flexibility index (Phi) is 5.15. The maximum absolute atomic E-state index is 5.87. The fraction of sp³-hybridized carbons (Fsp3) is 0.500. The van der Waals surface area contributed by atoms with Crippen LogP contribution in [0.4, 0.5) is 0 Å². The van der Waals surface area contributed by atoms with Gasteiger partial charge in [0.1, 0.15) is 6.61 Å². The highest BCUT2D eigenvalue weighted by molar-refractivity contribution is 6.32. The van der Waals surface area contributed by atoms with Crippen molar-refractivity contribution in [2.24, 2.45) is 0 Å². The summed E-state index contributed by atoms with van der Waals surface area (Å²) < 4.78 is 5.44. The van der Waals surface area contributed by atoms with E-state index in [1.807, 2.05) is 19.0 Å². The van der Waals surface area contributed by atoms with Gasteiger partial charge in [-0.25, -0.2) is 4.98 Å². The lowest BCUT2D eigenvalue weighted by molar-refractivity contribution is 0.253. The Morgan fingerprint density at radius 2 is 2.13 bits per heavy atom. The highest BCUT2D eigenvalue weighted by Gasteiger charge is 2.03. The lowest BCUT2D eigenvalue weighted by Crippen LogP contribution is -2.19. The number of nitrogens with zero attached hydrogens (tertiary/aromatic N) is 2. The second-order valence-electron chi connectivity index (χ2n) is 3.36. The van der Waals surface area contributed by atoms with Gasteiger partial charge in [-0.2, -0.15) is 0 Å². The molecule has 3 nitrogen and oxygen atoms in total. The van der Waals surface area contributed by atoms with E-state index in [9.17, 15) is 0 Å². The first-order valence-corrected chi connectivity index (χ1v) is 5.53. The van der Waals surface area contributed by atoms with Gasteiger partial charge < -0.3 is 9.64 Å². The Balaban J connectivity index is 2.54. The monoisotopic (exact) mass is 248 g/mol. The highest BCUT2D eigenvalue weighted by Crippen LogP contribution is 2.19. The van der Waals surface area contributed by atoms with E-state index in [4.69, 9.17) is 27.9 Å². The molecule has 15 heavy (non-hydrogen) atoms. The van der Waals surface area contributed by atoms with Gasteiger partial charge in [-0.3, -0.25) is 0 Å². The van der Waals surface area contributed by atoms with E-state index in [1.54, 1.807) is 12.1 Å². The lowest BCUT2D eigenvalue weighted by atomic mass is 10.4. The average Bonchev–Trinajstić information content (AvgIpc) is 2.20. The predicted molar refractivity (Wildman–Crippen MR) is 62.9 cm³/mol. The maximum Gasteiger partial charge on any atom is 0.213 e. The largest absolute Gasteiger partial charge is 0.476 e. The van der Waals surface area contributed by atoms with Crippen LogP contribution in [0.15, 0.2) is 12.1 Å². The third-order valence-electron chi connectivity index (χ3n) is 1.81. The van der Waals surface area contributed by atoms with Gasteiger partial charge in [-0.05, 0) is 20.2 Å². The minimum Gasteiger partial charge on any atom is -0.476 e. The molecule has 0 unspecified atom stereocenters. The summed E-state index contributed by atoms with van der Waals surface area (Å²) in [7, 11) is 3.98. The van der Waals surface area contributed by atoms with Crippen molar-refractivity contribution in [2.75, 3.05) is 27.2 Å². The van der Waals surface area contributed by atoms with Crippen LogP contribution < -0.4 is 4.74 Å². The molecule has 0 atom stereocenters. The Hall–Kier alpha value is -0.510. The number of pyridine rings is 1. The summed E-state index contributed by atoms with van der Waals surface area (Å²) in [4.78, 5) is 6.22. The Morgan fingerprint density at radius 1 is 1.40 bits per heavy atom. The van der Waals surface area contributed by atoms with E-state index in [0.29, 0.717) is 29.1 Å². The summed E-state index contributed by atoms with van der Waals surface area (Å²) in [5, 5.41) is 0.574. The first-order chi connectivity index (χ1) is 7.13. The van der Waals surface area contributed by atoms with Crippen LogP contribution in [0.3, 0.4) is 0 Å². The summed E-state index contributed by atoms with van der Waals surface area (Å²) in [5.74, 6) is 0.862. The number of likely N-dealkylation sites (N-methyl/N-ethyl adjacent to an activating group) is 1. The van der Waals surface area contributed by atoms with E-state index in [2.05, 4.69) is 4.98 Å². The SMILES string of the molecule is CN(C)CCOc1ccc(Cl)c(CCl)n1. The molecule has 1 aromatic heterocycles. The third kappa shape index (κ3) is 4.24. The molecule has 84 valence electrons. The molecule has 0 aromatic carbocycles. The molecular formula is C10H14Cl2N2O. The van der Waals surface area contributed by atoms with Crippen molar-refractivity contribution in [2.45, 2.75) is 5.88 Å². The van der Waals surface area contributed by atoms with Gasteiger partial charge in [-0.15, -0.1) is 11.6 Å². The second kappa shape index (κ2) is 6.16. The molecule has 0 fully saturated rings. The van der Waals surface area contributed by atoms with Crippen molar-refractivity contribution in [3.63, 3.8) is 0 Å². The molecular weight excluding hydrogens is 235 g/mol. The summed E-state index contributed by atoms with van der Waals surface area (Å²) in [6.45, 7) is 1.45. The van der Waals surface area contributed by atoms with Gasteiger partial charge in [0.05, 0.1) is 16.6 Å². The summed E-state index contributed by atoms with van der Waals surface area (Å²) in [5.41, 5.74) is 0.653. The van der Waals surface area contributed by atoms with E-state index in [-0.39, 0.29) is 0 Å². The zero-order chi connectivity index (χ0) is 11.3. The van der Waals surface area contributed by atoms with Gasteiger partial charge >= 0.3 is 0 Å². The van der Waals surface area contributed by atoms with Crippen LogP contribution in [0, 0.1) is 0 Å². The van der Waals surface area contributed by atoms with Crippen molar-refractivity contribution >= 4 is 23.2 Å². The Bertz CT molecular complexity index is 318. The Labute approximate surface area is 100.0 Å². The van der Waals surface area contributed by atoms with Crippen molar-refractivity contribution < 1.29 is 4.74 Å². The highest BCUT2D eigenvalue weighted by atomic mass is 35.5. The van der Waals surface area contributed by atoms with Gasteiger partial charge in [-0.1, -0.05) is 11.6 Å². The molecule has 0 radical (unpaired) electrons. The van der Waals surface area contributed by atoms with Gasteiger partial charge in [0.2, 0.25) is 5.88 Å². The first kappa shape index (κ1) is 12.6. The van der Waals surface area contributed by atoms with Crippen LogP contribution in [-0.4, -0.2) is 37.1 Å². The quantitative estimate of drug-likeness (QED) is 0.749. The number of aromatic nitrogens is 1. The first-order valence-electron chi connectivity index (χ1n) is 4.62. The van der Waals surface area contributed by atoms with Crippen LogP contribution in [0.25, 0.3) is 0 Å². The van der Waals surface area contributed by atoms with Crippen LogP contribution in [0.1, 0.15) is 5.69 Å². The molecule has 0 aliphatic carbocycles. The minimum atomic E-state index is 0.295. The number of hydrogen-bond donors (Lipinski definition) is 0. The normalized spacial score (nSPS) is 10.7. The molecule has 0 spiro atoms. The summed E-state index contributed by atoms with van der Waals surface area (Å²) >= 11 is 11.5. The molecule has 0 aliphatic rings. The zero-order valence-electron chi connectivity index (χ0n) is 8.83. The topological polar surface area (TPSA) is 25.4 Å². The average molecular weight is 249 g/mol. The lowest BCUT2D eigenvalue weighted by Gasteiger charge is -2.11. The molecule has 1 heterocycles. The summed E-state index contributed by atoms with van der Waals surface area (Å²) in [6.07, 6.45) is 0. The van der Waals surface area contributed by atoms with Crippen LogP contribution in [0.5, 0.6) is 5.88 Å². The molecule has 0 bridgehead atoms. The van der Waals surface area contributed by atoms with Crippen molar-refractivity contribution in [1.29, 1.82) is 0 Å². The molecule has 0 saturated heterocycles. The van der Waals surface area contributed by atoms with Crippen LogP contribution in [-0.2, 0) is 5.88 Å². The number of alkyl halides is 1. The van der Waals surface area contributed by atoms with Gasteiger partial charge in [0.15, 0.2) is 0 Å². The van der Waals surface area contributed by atoms with Crippen molar-refractivity contribution in [3.05, 3.63) is 22.8 Å². The molecule has 0 N–H and O–H groups in total. The summed E-state index contributed by atoms with van der Waals surface area (Å²) in [6, 6.07) is 3.49. The zero-order valence-corrected chi connectivity index (χ0v) is 10.3. The maximum atomic E-state index is 5.87. The molecule has 5 heteroatoms. The van der Waals surface area contributed by atoms with Gasteiger partial charge in [0.25, 0.3) is 0 Å². The van der Waals surface area contributed by atoms with Crippen LogP contribution in [0.2, 0.25) is 5.02 Å². The fourth-order valence-electron chi connectivity index (χ4n) is 0.971. The van der Waals surface area contributed by atoms with Gasteiger partial charge in [0, 0.05) is 12.6 Å². The van der Waals surface area contributed by atoms with Crippen molar-refractivity contribution in [3.8, 4) is 5.88 Å². The Morgan fingerprint density at radius 3 is 2.73 bits per heavy atom. The van der Waals surface area contributed by atoms with Crippen LogP contribution >= 0.6 is 23.2 Å². The smallest absolute Gasteiger partial charge is 0.213 e. The fourth-order valence-corrected chi connectivity index (χ4v) is 1.42.